The molecular weight excluding hydrogens is 592 g/mol. The normalized spacial score (nSPS) is 11.9. The zero-order chi connectivity index (χ0) is 29.2. The van der Waals surface area contributed by atoms with E-state index in [4.69, 9.17) is 34.8 Å². The number of halogens is 6. The van der Waals surface area contributed by atoms with Crippen molar-refractivity contribution < 1.29 is 18.1 Å². The maximum Gasteiger partial charge on any atom is 0.417 e. The molecule has 1 aromatic heterocycles. The van der Waals surface area contributed by atoms with E-state index in [0.717, 1.165) is 18.5 Å². The lowest BCUT2D eigenvalue weighted by Crippen LogP contribution is -2.08. The summed E-state index contributed by atoms with van der Waals surface area (Å²) in [6, 6.07) is 15.1. The second-order valence-corrected chi connectivity index (χ2v) is 9.67. The number of hydrogen-bond acceptors (Lipinski definition) is 7. The summed E-state index contributed by atoms with van der Waals surface area (Å²) in [6.45, 7) is 1.71. The van der Waals surface area contributed by atoms with E-state index in [-0.39, 0.29) is 22.3 Å². The Morgan fingerprint density at radius 1 is 0.975 bits per heavy atom. The molecule has 4 aromatic rings. The van der Waals surface area contributed by atoms with Gasteiger partial charge in [-0.05, 0) is 60.0 Å². The molecule has 0 aliphatic rings. The van der Waals surface area contributed by atoms with Crippen molar-refractivity contribution in [2.24, 2.45) is 0 Å². The zero-order valence-corrected chi connectivity index (χ0v) is 22.5. The van der Waals surface area contributed by atoms with Crippen molar-refractivity contribution in [3.05, 3.63) is 108 Å². The Kier molecular flexibility index (Phi) is 8.34. The van der Waals surface area contributed by atoms with Gasteiger partial charge < -0.3 is 10.6 Å². The monoisotopic (exact) mass is 606 g/mol. The van der Waals surface area contributed by atoms with Gasteiger partial charge in [0.15, 0.2) is 0 Å². The second kappa shape index (κ2) is 11.6. The van der Waals surface area contributed by atoms with Crippen molar-refractivity contribution in [1.29, 1.82) is 5.26 Å². The van der Waals surface area contributed by atoms with E-state index in [2.05, 4.69) is 26.7 Å². The number of nitrogens with zero attached hydrogens (tertiary/aromatic N) is 4. The summed E-state index contributed by atoms with van der Waals surface area (Å²) in [4.78, 5) is 19.0. The van der Waals surface area contributed by atoms with Crippen LogP contribution in [-0.2, 0) is 6.18 Å². The standard InChI is InChI=1S/C26H16Cl3F3N6O2/c1-13-8-17(18(11-33)14-2-4-15(27)5-3-14)21(29)10-22(13)37-25-23(38(39)40)24(34-12-35-25)36-16-6-7-20(28)19(9-16)26(30,31)32/h2-10,12,18H,1H3,(H2,34,35,36,37). The summed E-state index contributed by atoms with van der Waals surface area (Å²) in [5, 5.41) is 27.4. The Bertz CT molecular complexity index is 1640. The molecule has 1 atom stereocenters. The van der Waals surface area contributed by atoms with Crippen LogP contribution >= 0.6 is 34.8 Å². The number of benzene rings is 3. The van der Waals surface area contributed by atoms with E-state index < -0.39 is 33.3 Å². The molecule has 0 saturated carbocycles. The first-order valence-corrected chi connectivity index (χ1v) is 12.4. The molecule has 1 heterocycles. The number of nitro groups is 1. The number of rotatable bonds is 7. The molecule has 14 heteroatoms. The molecule has 0 saturated heterocycles. The molecule has 0 aliphatic heterocycles. The topological polar surface area (TPSA) is 117 Å². The van der Waals surface area contributed by atoms with Crippen LogP contribution in [-0.4, -0.2) is 14.9 Å². The third kappa shape index (κ3) is 6.20. The Hall–Kier alpha value is -4.11. The number of aryl methyl sites for hydroxylation is 1. The molecule has 1 unspecified atom stereocenters. The Morgan fingerprint density at radius 3 is 2.23 bits per heavy atom. The van der Waals surface area contributed by atoms with Crippen molar-refractivity contribution in [2.75, 3.05) is 10.6 Å². The predicted octanol–water partition coefficient (Wildman–Crippen LogP) is 8.81. The molecule has 8 nitrogen and oxygen atoms in total. The van der Waals surface area contributed by atoms with Gasteiger partial charge in [0, 0.05) is 21.4 Å². The molecule has 40 heavy (non-hydrogen) atoms. The smallest absolute Gasteiger partial charge is 0.334 e. The number of hydrogen-bond donors (Lipinski definition) is 2. The molecule has 0 amide bonds. The Labute approximate surface area is 240 Å². The minimum absolute atomic E-state index is 0.127. The highest BCUT2D eigenvalue weighted by molar-refractivity contribution is 6.32. The first-order valence-electron chi connectivity index (χ1n) is 11.2. The fourth-order valence-electron chi connectivity index (χ4n) is 3.86. The molecule has 0 spiro atoms. The SMILES string of the molecule is Cc1cc(C(C#N)c2ccc(Cl)cc2)c(Cl)cc1Nc1ncnc(Nc2ccc(Cl)c(C(F)(F)F)c2)c1[N+](=O)[O-]. The lowest BCUT2D eigenvalue weighted by molar-refractivity contribution is -0.383. The molecule has 204 valence electrons. The lowest BCUT2D eigenvalue weighted by Gasteiger charge is -2.17. The summed E-state index contributed by atoms with van der Waals surface area (Å²) in [5.74, 6) is -1.30. The highest BCUT2D eigenvalue weighted by Crippen LogP contribution is 2.40. The lowest BCUT2D eigenvalue weighted by atomic mass is 9.91. The first kappa shape index (κ1) is 28.9. The maximum atomic E-state index is 13.3. The van der Waals surface area contributed by atoms with E-state index in [1.807, 2.05) is 0 Å². The molecule has 0 radical (unpaired) electrons. The number of anilines is 4. The summed E-state index contributed by atoms with van der Waals surface area (Å²) in [5.41, 5.74) is 0.251. The van der Waals surface area contributed by atoms with Crippen LogP contribution in [0.25, 0.3) is 0 Å². The summed E-state index contributed by atoms with van der Waals surface area (Å²) in [7, 11) is 0. The predicted molar refractivity (Wildman–Crippen MR) is 147 cm³/mol. The third-order valence-electron chi connectivity index (χ3n) is 5.78. The van der Waals surface area contributed by atoms with Gasteiger partial charge in [-0.1, -0.05) is 53.0 Å². The van der Waals surface area contributed by atoms with Gasteiger partial charge in [-0.15, -0.1) is 0 Å². The third-order valence-corrected chi connectivity index (χ3v) is 6.69. The fourth-order valence-corrected chi connectivity index (χ4v) is 4.48. The van der Waals surface area contributed by atoms with Gasteiger partial charge in [0.05, 0.1) is 27.5 Å². The van der Waals surface area contributed by atoms with Gasteiger partial charge in [-0.3, -0.25) is 10.1 Å². The minimum Gasteiger partial charge on any atom is -0.334 e. The summed E-state index contributed by atoms with van der Waals surface area (Å²) in [6.07, 6.45) is -3.73. The van der Waals surface area contributed by atoms with Crippen LogP contribution in [0, 0.1) is 28.4 Å². The largest absolute Gasteiger partial charge is 0.417 e. The van der Waals surface area contributed by atoms with Crippen molar-refractivity contribution >= 4 is 63.5 Å². The van der Waals surface area contributed by atoms with Crippen molar-refractivity contribution in [2.45, 2.75) is 19.0 Å². The average Bonchev–Trinajstić information content (AvgIpc) is 2.88. The van der Waals surface area contributed by atoms with Crippen LogP contribution in [0.1, 0.15) is 28.2 Å². The maximum absolute atomic E-state index is 13.3. The minimum atomic E-state index is -4.74. The van der Waals surface area contributed by atoms with E-state index in [1.54, 1.807) is 37.3 Å². The van der Waals surface area contributed by atoms with Gasteiger partial charge in [-0.25, -0.2) is 9.97 Å². The van der Waals surface area contributed by atoms with Crippen LogP contribution in [0.4, 0.5) is 41.9 Å². The summed E-state index contributed by atoms with van der Waals surface area (Å²) >= 11 is 18.1. The quantitative estimate of drug-likeness (QED) is 0.159. The van der Waals surface area contributed by atoms with Crippen LogP contribution in [0.2, 0.25) is 15.1 Å². The number of nitriles is 1. The number of aromatic nitrogens is 2. The molecule has 0 bridgehead atoms. The highest BCUT2D eigenvalue weighted by atomic mass is 35.5. The fraction of sp³-hybridized carbons (Fsp3) is 0.115. The van der Waals surface area contributed by atoms with Crippen molar-refractivity contribution in [3.63, 3.8) is 0 Å². The van der Waals surface area contributed by atoms with Crippen LogP contribution < -0.4 is 10.6 Å². The number of nitrogens with one attached hydrogen (secondary N) is 2. The molecule has 4 rings (SSSR count). The first-order chi connectivity index (χ1) is 18.9. The van der Waals surface area contributed by atoms with Gasteiger partial charge in [-0.2, -0.15) is 18.4 Å². The van der Waals surface area contributed by atoms with Gasteiger partial charge in [0.1, 0.15) is 6.33 Å². The van der Waals surface area contributed by atoms with Gasteiger partial charge in [0.2, 0.25) is 11.6 Å². The molecule has 0 fully saturated rings. The van der Waals surface area contributed by atoms with E-state index in [1.165, 1.54) is 12.1 Å². The van der Waals surface area contributed by atoms with Gasteiger partial charge >= 0.3 is 11.9 Å². The highest BCUT2D eigenvalue weighted by Gasteiger charge is 2.34. The van der Waals surface area contributed by atoms with E-state index >= 15 is 0 Å². The zero-order valence-electron chi connectivity index (χ0n) is 20.2. The molecular formula is C26H16Cl3F3N6O2. The van der Waals surface area contributed by atoms with Crippen molar-refractivity contribution in [1.82, 2.24) is 9.97 Å². The Balaban J connectivity index is 1.69. The van der Waals surface area contributed by atoms with Crippen molar-refractivity contribution in [3.8, 4) is 6.07 Å². The van der Waals surface area contributed by atoms with Crippen LogP contribution in [0.3, 0.4) is 0 Å². The molecule has 2 N–H and O–H groups in total. The average molecular weight is 608 g/mol. The van der Waals surface area contributed by atoms with Crippen LogP contribution in [0.15, 0.2) is 60.9 Å². The summed E-state index contributed by atoms with van der Waals surface area (Å²) < 4.78 is 39.8. The molecule has 0 aliphatic carbocycles. The second-order valence-electron chi connectivity index (χ2n) is 8.42. The van der Waals surface area contributed by atoms with Gasteiger partial charge in [0.25, 0.3) is 0 Å². The van der Waals surface area contributed by atoms with E-state index in [0.29, 0.717) is 27.4 Å². The van der Waals surface area contributed by atoms with E-state index in [9.17, 15) is 28.5 Å². The Morgan fingerprint density at radius 2 is 1.62 bits per heavy atom. The number of alkyl halides is 3. The van der Waals surface area contributed by atoms with Crippen LogP contribution in [0.5, 0.6) is 0 Å². The molecule has 3 aromatic carbocycles.